The Morgan fingerprint density at radius 3 is 2.14 bits per heavy atom. The van der Waals surface area contributed by atoms with Crippen molar-refractivity contribution in [2.45, 2.75) is 0 Å². The Hall–Kier alpha value is 0.310. The summed E-state index contributed by atoms with van der Waals surface area (Å²) in [6, 6.07) is 0. The first-order valence-electron chi connectivity index (χ1n) is 3.32. The van der Waals surface area contributed by atoms with Crippen LogP contribution in [-0.4, -0.2) is 61.2 Å². The van der Waals surface area contributed by atoms with Crippen molar-refractivity contribution in [3.05, 3.63) is 16.9 Å². The first-order valence-corrected chi connectivity index (χ1v) is 5.97. The molecule has 1 aromatic rings. The van der Waals surface area contributed by atoms with Gasteiger partial charge in [-0.3, -0.25) is 0 Å². The van der Waals surface area contributed by atoms with Crippen LogP contribution in [0.5, 0.6) is 0 Å². The normalized spacial score (nSPS) is 10.5. The van der Waals surface area contributed by atoms with Gasteiger partial charge in [0.25, 0.3) is 0 Å². The predicted molar refractivity (Wildman–Crippen MR) is 60.1 cm³/mol. The van der Waals surface area contributed by atoms with E-state index in [9.17, 15) is 8.42 Å². The van der Waals surface area contributed by atoms with Crippen LogP contribution in [0.15, 0.2) is 16.9 Å². The van der Waals surface area contributed by atoms with Gasteiger partial charge in [-0.25, -0.2) is 22.7 Å². The maximum atomic E-state index is 11.1. The van der Waals surface area contributed by atoms with E-state index in [0.717, 1.165) is 10.6 Å². The van der Waals surface area contributed by atoms with Crippen LogP contribution in [0.1, 0.15) is 0 Å². The molecule has 0 saturated heterocycles. The molecule has 0 saturated carbocycles. The van der Waals surface area contributed by atoms with Crippen LogP contribution in [0.3, 0.4) is 0 Å². The van der Waals surface area contributed by atoms with E-state index in [1.54, 1.807) is 0 Å². The summed E-state index contributed by atoms with van der Waals surface area (Å²) in [4.78, 5) is 7.67. The second kappa shape index (κ2) is 5.41. The molecule has 1 rings (SSSR count). The summed E-state index contributed by atoms with van der Waals surface area (Å²) in [7, 11) is -1.87. The minimum atomic E-state index is -3.28. The molecule has 0 atom stereocenters. The van der Waals surface area contributed by atoms with E-state index in [2.05, 4.69) is 25.9 Å². The van der Waals surface area contributed by atoms with Gasteiger partial charge in [0.1, 0.15) is 0 Å². The molecule has 0 amide bonds. The van der Waals surface area contributed by atoms with Crippen LogP contribution in [0.25, 0.3) is 0 Å². The summed E-state index contributed by atoms with van der Waals surface area (Å²) in [6.45, 7) is 0. The summed E-state index contributed by atoms with van der Waals surface area (Å²) in [5.41, 5.74) is 0. The third-order valence-corrected chi connectivity index (χ3v) is 2.95. The van der Waals surface area contributed by atoms with Gasteiger partial charge in [-0.15, -0.1) is 0 Å². The van der Waals surface area contributed by atoms with E-state index in [-0.39, 0.29) is 35.5 Å². The first-order chi connectivity index (χ1) is 5.91. The van der Waals surface area contributed by atoms with Crippen LogP contribution < -0.4 is 4.31 Å². The van der Waals surface area contributed by atoms with Crippen molar-refractivity contribution in [2.24, 2.45) is 0 Å². The van der Waals surface area contributed by atoms with Gasteiger partial charge in [-0.2, -0.15) is 0 Å². The van der Waals surface area contributed by atoms with E-state index >= 15 is 0 Å². The quantitative estimate of drug-likeness (QED) is 0.719. The molecule has 5 nitrogen and oxygen atoms in total. The van der Waals surface area contributed by atoms with Crippen LogP contribution in [-0.2, 0) is 10.0 Å². The molecule has 0 spiro atoms. The Balaban J connectivity index is 0.00000169. The standard InChI is InChI=1S/C6H8BrN3O2S.Na.H/c1-10(13(2,11)12)6-8-3-5(7)4-9-6;;/h3-4H,1-2H3;;. The van der Waals surface area contributed by atoms with Gasteiger partial charge in [0.05, 0.1) is 10.7 Å². The molecule has 14 heavy (non-hydrogen) atoms. The van der Waals surface area contributed by atoms with Crippen molar-refractivity contribution in [3.8, 4) is 0 Å². The average molecular weight is 290 g/mol. The molecule has 8 heteroatoms. The zero-order valence-electron chi connectivity index (χ0n) is 7.10. The van der Waals surface area contributed by atoms with Gasteiger partial charge in [0.2, 0.25) is 16.0 Å². The Kier molecular flexibility index (Phi) is 5.53. The van der Waals surface area contributed by atoms with Crippen LogP contribution in [0.4, 0.5) is 5.95 Å². The van der Waals surface area contributed by atoms with Crippen molar-refractivity contribution in [2.75, 3.05) is 17.6 Å². The molecule has 1 aromatic heterocycles. The Morgan fingerprint density at radius 2 is 1.79 bits per heavy atom. The summed E-state index contributed by atoms with van der Waals surface area (Å²) < 4.78 is 23.8. The SMILES string of the molecule is CN(c1ncc(Br)cn1)S(C)(=O)=O.[NaH]. The molecule has 0 fully saturated rings. The minimum absolute atomic E-state index is 0. The third-order valence-electron chi connectivity index (χ3n) is 1.39. The van der Waals surface area contributed by atoms with Crippen molar-refractivity contribution in [1.29, 1.82) is 0 Å². The van der Waals surface area contributed by atoms with Gasteiger partial charge >= 0.3 is 29.6 Å². The van der Waals surface area contributed by atoms with Crippen LogP contribution in [0.2, 0.25) is 0 Å². The van der Waals surface area contributed by atoms with Gasteiger partial charge < -0.3 is 0 Å². The molecule has 0 aliphatic heterocycles. The molecule has 1 heterocycles. The topological polar surface area (TPSA) is 63.2 Å². The van der Waals surface area contributed by atoms with Crippen molar-refractivity contribution >= 4 is 61.5 Å². The molecule has 0 radical (unpaired) electrons. The van der Waals surface area contributed by atoms with E-state index in [4.69, 9.17) is 0 Å². The molecular weight excluding hydrogens is 281 g/mol. The first kappa shape index (κ1) is 14.3. The fraction of sp³-hybridized carbons (Fsp3) is 0.333. The van der Waals surface area contributed by atoms with Crippen LogP contribution >= 0.6 is 15.9 Å². The van der Waals surface area contributed by atoms with Gasteiger partial charge in [-0.1, -0.05) is 0 Å². The molecule has 0 aromatic carbocycles. The maximum absolute atomic E-state index is 11.1. The van der Waals surface area contributed by atoms with Gasteiger partial charge in [0.15, 0.2) is 0 Å². The summed E-state index contributed by atoms with van der Waals surface area (Å²) >= 11 is 3.15. The van der Waals surface area contributed by atoms with Gasteiger partial charge in [0, 0.05) is 19.4 Å². The zero-order chi connectivity index (χ0) is 10.1. The molecule has 0 aliphatic rings. The van der Waals surface area contributed by atoms with Crippen molar-refractivity contribution in [1.82, 2.24) is 9.97 Å². The Morgan fingerprint density at radius 1 is 1.36 bits per heavy atom. The summed E-state index contributed by atoms with van der Waals surface area (Å²) in [5, 5.41) is 0. The number of nitrogens with zero attached hydrogens (tertiary/aromatic N) is 3. The number of hydrogen-bond acceptors (Lipinski definition) is 4. The number of sulfonamides is 1. The number of halogens is 1. The fourth-order valence-corrected chi connectivity index (χ4v) is 1.21. The zero-order valence-corrected chi connectivity index (χ0v) is 9.50. The monoisotopic (exact) mass is 289 g/mol. The van der Waals surface area contributed by atoms with Crippen molar-refractivity contribution in [3.63, 3.8) is 0 Å². The average Bonchev–Trinajstić information content (AvgIpc) is 2.03. The Bertz CT molecular complexity index is 394. The molecule has 0 bridgehead atoms. The summed E-state index contributed by atoms with van der Waals surface area (Å²) in [6.07, 6.45) is 4.08. The number of hydrogen-bond donors (Lipinski definition) is 0. The van der Waals surface area contributed by atoms with E-state index in [1.807, 2.05) is 0 Å². The number of aromatic nitrogens is 2. The second-order valence-corrected chi connectivity index (χ2v) is 5.36. The van der Waals surface area contributed by atoms with E-state index in [0.29, 0.717) is 4.47 Å². The fourth-order valence-electron chi connectivity index (χ4n) is 0.616. The van der Waals surface area contributed by atoms with E-state index < -0.39 is 10.0 Å². The molecule has 0 unspecified atom stereocenters. The predicted octanol–water partition coefficient (Wildman–Crippen LogP) is -0.0136. The number of rotatable bonds is 2. The Labute approximate surface area is 113 Å². The molecule has 0 aliphatic carbocycles. The van der Waals surface area contributed by atoms with Crippen LogP contribution in [0, 0.1) is 0 Å². The van der Waals surface area contributed by atoms with E-state index in [1.165, 1.54) is 19.4 Å². The third kappa shape index (κ3) is 3.82. The number of anilines is 1. The van der Waals surface area contributed by atoms with Gasteiger partial charge in [-0.05, 0) is 15.9 Å². The molecule has 74 valence electrons. The van der Waals surface area contributed by atoms with Crippen molar-refractivity contribution < 1.29 is 8.42 Å². The molecule has 0 N–H and O–H groups in total. The summed E-state index contributed by atoms with van der Waals surface area (Å²) in [5.74, 6) is 0.158. The molecular formula is C6H9BrN3NaO2S. The second-order valence-electron chi connectivity index (χ2n) is 2.43.